The Kier molecular flexibility index (Phi) is 5.78. The van der Waals surface area contributed by atoms with E-state index in [0.717, 1.165) is 0 Å². The molecule has 0 aliphatic heterocycles. The Morgan fingerprint density at radius 2 is 2.36 bits per heavy atom. The molecule has 0 aromatic heterocycles. The molecule has 1 atom stereocenters. The highest BCUT2D eigenvalue weighted by atomic mass is 16.5. The summed E-state index contributed by atoms with van der Waals surface area (Å²) < 4.78 is 4.60. The van der Waals surface area contributed by atoms with Crippen LogP contribution in [-0.4, -0.2) is 37.9 Å². The molecule has 2 N–H and O–H groups in total. The molecule has 66 valence electrons. The summed E-state index contributed by atoms with van der Waals surface area (Å²) in [5, 5.41) is 11.2. The molecule has 0 heterocycles. The van der Waals surface area contributed by atoms with E-state index < -0.39 is 0 Å². The van der Waals surface area contributed by atoms with Gasteiger partial charge in [-0.15, -0.1) is 0 Å². The van der Waals surface area contributed by atoms with E-state index in [1.54, 1.807) is 0 Å². The molecule has 0 fully saturated rings. The Hall–Kier alpha value is -0.610. The number of methoxy groups -OCH3 is 1. The first kappa shape index (κ1) is 10.4. The van der Waals surface area contributed by atoms with E-state index in [1.807, 2.05) is 6.92 Å². The third-order valence-electron chi connectivity index (χ3n) is 1.23. The summed E-state index contributed by atoms with van der Waals surface area (Å²) in [7, 11) is 1.47. The van der Waals surface area contributed by atoms with Crippen LogP contribution in [0, 0.1) is 5.92 Å². The minimum Gasteiger partial charge on any atom is -0.396 e. The second kappa shape index (κ2) is 6.12. The highest BCUT2D eigenvalue weighted by Crippen LogP contribution is 1.87. The molecule has 0 spiro atoms. The molecule has 0 saturated heterocycles. The minimum absolute atomic E-state index is 0.0815. The number of rotatable bonds is 5. The Bertz CT molecular complexity index is 116. The number of carbonyl (C=O) groups excluding carboxylic acids is 1. The highest BCUT2D eigenvalue weighted by molar-refractivity contribution is 5.77. The lowest BCUT2D eigenvalue weighted by Gasteiger charge is -2.08. The molecule has 4 heteroatoms. The summed E-state index contributed by atoms with van der Waals surface area (Å²) >= 11 is 0. The molecule has 0 aromatic carbocycles. The van der Waals surface area contributed by atoms with Gasteiger partial charge in [0.05, 0.1) is 0 Å². The summed E-state index contributed by atoms with van der Waals surface area (Å²) in [6, 6.07) is 0. The van der Waals surface area contributed by atoms with Gasteiger partial charge in [-0.05, 0) is 5.92 Å². The van der Waals surface area contributed by atoms with Crippen LogP contribution in [0.2, 0.25) is 0 Å². The van der Waals surface area contributed by atoms with E-state index in [0.29, 0.717) is 6.54 Å². The molecule has 0 bridgehead atoms. The summed E-state index contributed by atoms with van der Waals surface area (Å²) in [5.74, 6) is -0.0383. The van der Waals surface area contributed by atoms with Gasteiger partial charge in [-0.25, -0.2) is 0 Å². The third kappa shape index (κ3) is 5.82. The lowest BCUT2D eigenvalue weighted by Crippen LogP contribution is -2.32. The summed E-state index contributed by atoms with van der Waals surface area (Å²) in [6.45, 7) is 2.52. The van der Waals surface area contributed by atoms with Crippen LogP contribution < -0.4 is 5.32 Å². The lowest BCUT2D eigenvalue weighted by molar-refractivity contribution is -0.124. The lowest BCUT2D eigenvalue weighted by atomic mass is 10.2. The van der Waals surface area contributed by atoms with Crippen LogP contribution in [0.1, 0.15) is 6.92 Å². The van der Waals surface area contributed by atoms with Crippen LogP contribution in [-0.2, 0) is 9.53 Å². The minimum atomic E-state index is -0.146. The molecule has 11 heavy (non-hydrogen) atoms. The third-order valence-corrected chi connectivity index (χ3v) is 1.23. The van der Waals surface area contributed by atoms with Crippen LogP contribution in [0.15, 0.2) is 0 Å². The van der Waals surface area contributed by atoms with Crippen LogP contribution in [0.3, 0.4) is 0 Å². The SMILES string of the molecule is COCC(=O)NCC(C)CO. The molecule has 0 aliphatic carbocycles. The first-order valence-electron chi connectivity index (χ1n) is 3.57. The number of amides is 1. The van der Waals surface area contributed by atoms with Gasteiger partial charge in [0, 0.05) is 20.3 Å². The van der Waals surface area contributed by atoms with Crippen molar-refractivity contribution in [2.75, 3.05) is 26.9 Å². The average molecular weight is 161 g/mol. The van der Waals surface area contributed by atoms with Crippen molar-refractivity contribution in [3.05, 3.63) is 0 Å². The largest absolute Gasteiger partial charge is 0.396 e. The molecule has 0 aliphatic rings. The molecule has 1 unspecified atom stereocenters. The van der Waals surface area contributed by atoms with Crippen LogP contribution in [0.5, 0.6) is 0 Å². The fourth-order valence-corrected chi connectivity index (χ4v) is 0.535. The monoisotopic (exact) mass is 161 g/mol. The van der Waals surface area contributed by atoms with E-state index >= 15 is 0 Å². The van der Waals surface area contributed by atoms with Gasteiger partial charge in [-0.1, -0.05) is 6.92 Å². The van der Waals surface area contributed by atoms with Crippen molar-refractivity contribution in [1.82, 2.24) is 5.32 Å². The number of hydrogen-bond donors (Lipinski definition) is 2. The summed E-state index contributed by atoms with van der Waals surface area (Å²) in [6.07, 6.45) is 0. The number of aliphatic hydroxyl groups excluding tert-OH is 1. The first-order valence-corrected chi connectivity index (χ1v) is 3.57. The van der Waals surface area contributed by atoms with Gasteiger partial charge in [0.2, 0.25) is 5.91 Å². The van der Waals surface area contributed by atoms with Crippen LogP contribution in [0.25, 0.3) is 0 Å². The molecule has 1 amide bonds. The van der Waals surface area contributed by atoms with Gasteiger partial charge in [0.1, 0.15) is 6.61 Å². The van der Waals surface area contributed by atoms with Gasteiger partial charge in [-0.2, -0.15) is 0 Å². The fraction of sp³-hybridized carbons (Fsp3) is 0.857. The molecule has 0 saturated carbocycles. The van der Waals surface area contributed by atoms with Crippen molar-refractivity contribution in [2.24, 2.45) is 5.92 Å². The fourth-order valence-electron chi connectivity index (χ4n) is 0.535. The van der Waals surface area contributed by atoms with Crippen molar-refractivity contribution < 1.29 is 14.6 Å². The molecular weight excluding hydrogens is 146 g/mol. The molecule has 0 rings (SSSR count). The molecule has 0 radical (unpaired) electrons. The van der Waals surface area contributed by atoms with Gasteiger partial charge in [-0.3, -0.25) is 4.79 Å². The van der Waals surface area contributed by atoms with Crippen molar-refractivity contribution in [3.63, 3.8) is 0 Å². The van der Waals surface area contributed by atoms with E-state index in [9.17, 15) is 4.79 Å². The molecule has 4 nitrogen and oxygen atoms in total. The summed E-state index contributed by atoms with van der Waals surface area (Å²) in [5.41, 5.74) is 0. The molecular formula is C7H15NO3. The Morgan fingerprint density at radius 1 is 1.73 bits per heavy atom. The zero-order valence-electron chi connectivity index (χ0n) is 6.96. The highest BCUT2D eigenvalue weighted by Gasteiger charge is 2.02. The first-order chi connectivity index (χ1) is 5.20. The van der Waals surface area contributed by atoms with Gasteiger partial charge in [0.25, 0.3) is 0 Å². The number of ether oxygens (including phenoxy) is 1. The van der Waals surface area contributed by atoms with Gasteiger partial charge >= 0.3 is 0 Å². The summed E-state index contributed by atoms with van der Waals surface area (Å²) in [4.78, 5) is 10.7. The normalized spacial score (nSPS) is 12.6. The standard InChI is InChI=1S/C7H15NO3/c1-6(4-9)3-8-7(10)5-11-2/h6,9H,3-5H2,1-2H3,(H,8,10). The van der Waals surface area contributed by atoms with Crippen molar-refractivity contribution in [3.8, 4) is 0 Å². The smallest absolute Gasteiger partial charge is 0.245 e. The second-order valence-corrected chi connectivity index (χ2v) is 2.52. The van der Waals surface area contributed by atoms with Gasteiger partial charge in [0.15, 0.2) is 0 Å². The predicted octanol–water partition coefficient (Wildman–Crippen LogP) is -0.623. The molecule has 0 aromatic rings. The van der Waals surface area contributed by atoms with E-state index in [1.165, 1.54) is 7.11 Å². The maximum absolute atomic E-state index is 10.7. The topological polar surface area (TPSA) is 58.6 Å². The van der Waals surface area contributed by atoms with E-state index in [2.05, 4.69) is 10.1 Å². The quantitative estimate of drug-likeness (QED) is 0.565. The van der Waals surface area contributed by atoms with Crippen LogP contribution in [0.4, 0.5) is 0 Å². The van der Waals surface area contributed by atoms with Crippen LogP contribution >= 0.6 is 0 Å². The number of nitrogens with one attached hydrogen (secondary N) is 1. The maximum atomic E-state index is 10.7. The van der Waals surface area contributed by atoms with Crippen molar-refractivity contribution >= 4 is 5.91 Å². The Balaban J connectivity index is 3.30. The number of carbonyl (C=O) groups is 1. The van der Waals surface area contributed by atoms with E-state index in [-0.39, 0.29) is 25.0 Å². The number of aliphatic hydroxyl groups is 1. The Labute approximate surface area is 66.5 Å². The van der Waals surface area contributed by atoms with Crippen molar-refractivity contribution in [1.29, 1.82) is 0 Å². The average Bonchev–Trinajstić information content (AvgIpc) is 2.01. The van der Waals surface area contributed by atoms with Crippen molar-refractivity contribution in [2.45, 2.75) is 6.92 Å². The zero-order valence-corrected chi connectivity index (χ0v) is 6.96. The van der Waals surface area contributed by atoms with E-state index in [4.69, 9.17) is 5.11 Å². The predicted molar refractivity (Wildman–Crippen MR) is 41.1 cm³/mol. The van der Waals surface area contributed by atoms with Gasteiger partial charge < -0.3 is 15.2 Å². The zero-order chi connectivity index (χ0) is 8.69. The Morgan fingerprint density at radius 3 is 2.82 bits per heavy atom. The number of hydrogen-bond acceptors (Lipinski definition) is 3. The maximum Gasteiger partial charge on any atom is 0.245 e. The second-order valence-electron chi connectivity index (χ2n) is 2.52.